The average molecular weight is 263 g/mol. The van der Waals surface area contributed by atoms with Crippen LogP contribution in [0, 0.1) is 5.82 Å². The molecule has 1 heterocycles. The summed E-state index contributed by atoms with van der Waals surface area (Å²) in [6, 6.07) is 6.56. The monoisotopic (exact) mass is 263 g/mol. The van der Waals surface area contributed by atoms with Gasteiger partial charge in [0.15, 0.2) is 0 Å². The largest absolute Gasteiger partial charge is 0.394 e. The predicted octanol–water partition coefficient (Wildman–Crippen LogP) is 1.35. The van der Waals surface area contributed by atoms with E-state index in [4.69, 9.17) is 5.11 Å². The summed E-state index contributed by atoms with van der Waals surface area (Å²) in [5.41, 5.74) is 2.21. The van der Waals surface area contributed by atoms with Crippen molar-refractivity contribution in [3.05, 3.63) is 53.6 Å². The molecule has 0 radical (unpaired) electrons. The number of halogens is 1. The minimum atomic E-state index is -0.201. The van der Waals surface area contributed by atoms with Gasteiger partial charge in [-0.3, -0.25) is 4.68 Å². The second-order valence-electron chi connectivity index (χ2n) is 4.39. The molecule has 0 aliphatic carbocycles. The van der Waals surface area contributed by atoms with Crippen LogP contribution in [0.2, 0.25) is 0 Å². The van der Waals surface area contributed by atoms with Crippen LogP contribution in [0.5, 0.6) is 0 Å². The van der Waals surface area contributed by atoms with E-state index >= 15 is 0 Å². The van der Waals surface area contributed by atoms with Crippen LogP contribution in [-0.2, 0) is 19.5 Å². The molecule has 102 valence electrons. The molecule has 0 saturated heterocycles. The average Bonchev–Trinajstić information content (AvgIpc) is 2.85. The molecule has 0 bridgehead atoms. The molecule has 0 atom stereocenters. The quantitative estimate of drug-likeness (QED) is 0.741. The van der Waals surface area contributed by atoms with Crippen molar-refractivity contribution in [3.63, 3.8) is 0 Å². The van der Waals surface area contributed by atoms with Gasteiger partial charge in [-0.25, -0.2) is 4.39 Å². The molecule has 1 aromatic heterocycles. The maximum atomic E-state index is 12.7. The fourth-order valence-electron chi connectivity index (χ4n) is 1.84. The van der Waals surface area contributed by atoms with E-state index in [1.807, 2.05) is 6.20 Å². The normalized spacial score (nSPS) is 10.8. The van der Waals surface area contributed by atoms with Crippen molar-refractivity contribution in [1.82, 2.24) is 15.1 Å². The number of aliphatic hydroxyl groups excluding tert-OH is 1. The number of nitrogens with zero attached hydrogens (tertiary/aromatic N) is 2. The van der Waals surface area contributed by atoms with Gasteiger partial charge < -0.3 is 10.4 Å². The Bertz CT molecular complexity index is 496. The van der Waals surface area contributed by atoms with E-state index in [0.717, 1.165) is 30.6 Å². The highest BCUT2D eigenvalue weighted by atomic mass is 19.1. The lowest BCUT2D eigenvalue weighted by molar-refractivity contribution is 0.269. The van der Waals surface area contributed by atoms with Crippen molar-refractivity contribution < 1.29 is 9.50 Å². The maximum Gasteiger partial charge on any atom is 0.123 e. The van der Waals surface area contributed by atoms with E-state index in [0.29, 0.717) is 6.54 Å². The van der Waals surface area contributed by atoms with Crippen molar-refractivity contribution in [3.8, 4) is 0 Å². The molecule has 0 aliphatic rings. The fraction of sp³-hybridized carbons (Fsp3) is 0.357. The van der Waals surface area contributed by atoms with Crippen LogP contribution in [-0.4, -0.2) is 28.0 Å². The summed E-state index contributed by atoms with van der Waals surface area (Å²) in [6.07, 6.45) is 4.58. The molecule has 2 N–H and O–H groups in total. The Balaban J connectivity index is 1.69. The maximum absolute atomic E-state index is 12.7. The van der Waals surface area contributed by atoms with E-state index in [2.05, 4.69) is 10.4 Å². The topological polar surface area (TPSA) is 50.1 Å². The van der Waals surface area contributed by atoms with Crippen LogP contribution < -0.4 is 5.32 Å². The number of hydrogen-bond donors (Lipinski definition) is 2. The van der Waals surface area contributed by atoms with Gasteiger partial charge in [-0.05, 0) is 30.7 Å². The van der Waals surface area contributed by atoms with E-state index in [9.17, 15) is 4.39 Å². The Morgan fingerprint density at radius 1 is 1.21 bits per heavy atom. The van der Waals surface area contributed by atoms with Gasteiger partial charge in [0.25, 0.3) is 0 Å². The van der Waals surface area contributed by atoms with Crippen LogP contribution in [0.3, 0.4) is 0 Å². The number of benzene rings is 1. The van der Waals surface area contributed by atoms with E-state index in [-0.39, 0.29) is 12.4 Å². The number of rotatable bonds is 7. The van der Waals surface area contributed by atoms with Gasteiger partial charge in [-0.1, -0.05) is 12.1 Å². The first-order chi connectivity index (χ1) is 9.28. The highest BCUT2D eigenvalue weighted by Gasteiger charge is 1.98. The van der Waals surface area contributed by atoms with Crippen molar-refractivity contribution in [2.45, 2.75) is 19.5 Å². The molecule has 1 aromatic carbocycles. The fourth-order valence-corrected chi connectivity index (χ4v) is 1.84. The summed E-state index contributed by atoms with van der Waals surface area (Å²) in [5.74, 6) is -0.201. The predicted molar refractivity (Wildman–Crippen MR) is 71.1 cm³/mol. The van der Waals surface area contributed by atoms with E-state index < -0.39 is 0 Å². The molecule has 2 aromatic rings. The van der Waals surface area contributed by atoms with E-state index in [1.165, 1.54) is 12.1 Å². The van der Waals surface area contributed by atoms with Gasteiger partial charge in [-0.2, -0.15) is 5.10 Å². The molecule has 5 heteroatoms. The summed E-state index contributed by atoms with van der Waals surface area (Å²) in [4.78, 5) is 0. The van der Waals surface area contributed by atoms with Gasteiger partial charge in [-0.15, -0.1) is 0 Å². The lowest BCUT2D eigenvalue weighted by Gasteiger charge is -2.03. The Morgan fingerprint density at radius 3 is 2.74 bits per heavy atom. The molecule has 0 spiro atoms. The number of nitrogens with one attached hydrogen (secondary N) is 1. The van der Waals surface area contributed by atoms with Gasteiger partial charge >= 0.3 is 0 Å². The van der Waals surface area contributed by atoms with Gasteiger partial charge in [0.2, 0.25) is 0 Å². The molecule has 19 heavy (non-hydrogen) atoms. The number of aromatic nitrogens is 2. The van der Waals surface area contributed by atoms with Crippen molar-refractivity contribution in [2.24, 2.45) is 0 Å². The van der Waals surface area contributed by atoms with Gasteiger partial charge in [0.1, 0.15) is 5.82 Å². The number of aliphatic hydroxyl groups is 1. The van der Waals surface area contributed by atoms with E-state index in [1.54, 1.807) is 23.0 Å². The number of hydrogen-bond acceptors (Lipinski definition) is 3. The third-order valence-corrected chi connectivity index (χ3v) is 2.85. The zero-order valence-electron chi connectivity index (χ0n) is 10.7. The third-order valence-electron chi connectivity index (χ3n) is 2.85. The lowest BCUT2D eigenvalue weighted by Crippen LogP contribution is -2.16. The molecule has 2 rings (SSSR count). The Kier molecular flexibility index (Phi) is 5.06. The Morgan fingerprint density at radius 2 is 2.00 bits per heavy atom. The molecular formula is C14H18FN3O. The lowest BCUT2D eigenvalue weighted by atomic mass is 10.1. The third kappa shape index (κ3) is 4.46. The summed E-state index contributed by atoms with van der Waals surface area (Å²) >= 11 is 0. The van der Waals surface area contributed by atoms with Crippen LogP contribution in [0.15, 0.2) is 36.7 Å². The molecule has 0 amide bonds. The summed E-state index contributed by atoms with van der Waals surface area (Å²) in [7, 11) is 0. The minimum absolute atomic E-state index is 0.0963. The van der Waals surface area contributed by atoms with Crippen LogP contribution in [0.25, 0.3) is 0 Å². The molecule has 0 aliphatic heterocycles. The molecule has 0 saturated carbocycles. The minimum Gasteiger partial charge on any atom is -0.394 e. The summed E-state index contributed by atoms with van der Waals surface area (Å²) in [5, 5.41) is 16.2. The summed E-state index contributed by atoms with van der Waals surface area (Å²) in [6.45, 7) is 2.19. The van der Waals surface area contributed by atoms with Crippen molar-refractivity contribution in [2.75, 3.05) is 13.2 Å². The second kappa shape index (κ2) is 7.01. The van der Waals surface area contributed by atoms with Crippen molar-refractivity contribution >= 4 is 0 Å². The first-order valence-corrected chi connectivity index (χ1v) is 6.35. The Hall–Kier alpha value is -1.72. The molecular weight excluding hydrogens is 245 g/mol. The van der Waals surface area contributed by atoms with Gasteiger partial charge in [0.05, 0.1) is 19.3 Å². The first-order valence-electron chi connectivity index (χ1n) is 6.35. The smallest absolute Gasteiger partial charge is 0.123 e. The van der Waals surface area contributed by atoms with Crippen molar-refractivity contribution in [1.29, 1.82) is 0 Å². The van der Waals surface area contributed by atoms with Crippen LogP contribution in [0.1, 0.15) is 11.1 Å². The molecule has 0 unspecified atom stereocenters. The highest BCUT2D eigenvalue weighted by molar-refractivity contribution is 5.16. The van der Waals surface area contributed by atoms with Gasteiger partial charge in [0, 0.05) is 18.3 Å². The highest BCUT2D eigenvalue weighted by Crippen LogP contribution is 2.03. The molecule has 4 nitrogen and oxygen atoms in total. The Labute approximate surface area is 111 Å². The molecule has 0 fully saturated rings. The standard InChI is InChI=1S/C14H18FN3O/c15-14-3-1-12(2-4-14)5-6-16-9-13-10-17-18(11-13)7-8-19/h1-4,10-11,16,19H,5-9H2. The zero-order chi connectivity index (χ0) is 13.5. The van der Waals surface area contributed by atoms with Crippen LogP contribution in [0.4, 0.5) is 4.39 Å². The van der Waals surface area contributed by atoms with Crippen LogP contribution >= 0.6 is 0 Å². The second-order valence-corrected chi connectivity index (χ2v) is 4.39. The SMILES string of the molecule is OCCn1cc(CNCCc2ccc(F)cc2)cn1. The first kappa shape index (κ1) is 13.7. The zero-order valence-corrected chi connectivity index (χ0v) is 10.7. The summed E-state index contributed by atoms with van der Waals surface area (Å²) < 4.78 is 14.4.